The number of alkyl carbamates (subject to hydrolysis) is 1. The molecule has 0 aromatic heterocycles. The van der Waals surface area contributed by atoms with E-state index in [9.17, 15) is 9.59 Å². The molecule has 0 saturated heterocycles. The summed E-state index contributed by atoms with van der Waals surface area (Å²) >= 11 is 0. The van der Waals surface area contributed by atoms with E-state index in [-0.39, 0.29) is 18.4 Å². The van der Waals surface area contributed by atoms with Crippen LogP contribution in [0.4, 0.5) is 4.79 Å². The Bertz CT molecular complexity index is 480. The maximum absolute atomic E-state index is 11.8. The molecule has 1 rings (SSSR count). The summed E-state index contributed by atoms with van der Waals surface area (Å²) in [5.41, 5.74) is 0.631. The molecule has 5 nitrogen and oxygen atoms in total. The second-order valence-corrected chi connectivity index (χ2v) is 6.18. The molecule has 2 N–H and O–H groups in total. The molecule has 0 aliphatic heterocycles. The summed E-state index contributed by atoms with van der Waals surface area (Å²) in [6.07, 6.45) is 0.349. The second-order valence-electron chi connectivity index (χ2n) is 6.18. The van der Waals surface area contributed by atoms with Gasteiger partial charge in [0.2, 0.25) is 5.91 Å². The van der Waals surface area contributed by atoms with E-state index in [1.54, 1.807) is 20.8 Å². The van der Waals surface area contributed by atoms with E-state index in [0.29, 0.717) is 6.54 Å². The van der Waals surface area contributed by atoms with Gasteiger partial charge in [-0.15, -0.1) is 0 Å². The fourth-order valence-corrected chi connectivity index (χ4v) is 1.99. The SMILES string of the molecule is CCC(CNC(=O)CNC(=O)OC(C)(C)C)c1ccccc1. The zero-order valence-electron chi connectivity index (χ0n) is 13.8. The predicted molar refractivity (Wildman–Crippen MR) is 86.7 cm³/mol. The van der Waals surface area contributed by atoms with E-state index in [1.165, 1.54) is 5.56 Å². The van der Waals surface area contributed by atoms with E-state index in [2.05, 4.69) is 29.7 Å². The monoisotopic (exact) mass is 306 g/mol. The van der Waals surface area contributed by atoms with Crippen LogP contribution in [0, 0.1) is 0 Å². The number of amides is 2. The average molecular weight is 306 g/mol. The van der Waals surface area contributed by atoms with Crippen LogP contribution in [0.5, 0.6) is 0 Å². The van der Waals surface area contributed by atoms with Gasteiger partial charge in [0.05, 0.1) is 6.54 Å². The minimum Gasteiger partial charge on any atom is -0.444 e. The Labute approximate surface area is 132 Å². The Morgan fingerprint density at radius 2 is 1.77 bits per heavy atom. The fourth-order valence-electron chi connectivity index (χ4n) is 1.99. The molecular formula is C17H26N2O3. The van der Waals surface area contributed by atoms with Gasteiger partial charge in [-0.25, -0.2) is 4.79 Å². The molecule has 1 aromatic rings. The lowest BCUT2D eigenvalue weighted by atomic mass is 9.96. The predicted octanol–water partition coefficient (Wildman–Crippen LogP) is 2.82. The van der Waals surface area contributed by atoms with Crippen molar-refractivity contribution in [2.45, 2.75) is 45.6 Å². The van der Waals surface area contributed by atoms with Crippen molar-refractivity contribution in [1.29, 1.82) is 0 Å². The maximum atomic E-state index is 11.8. The molecule has 0 radical (unpaired) electrons. The van der Waals surface area contributed by atoms with Gasteiger partial charge in [0.15, 0.2) is 0 Å². The molecule has 5 heteroatoms. The summed E-state index contributed by atoms with van der Waals surface area (Å²) in [5.74, 6) is 0.0481. The number of hydrogen-bond acceptors (Lipinski definition) is 3. The molecule has 0 aliphatic carbocycles. The Kier molecular flexibility index (Phi) is 6.89. The standard InChI is InChI=1S/C17H26N2O3/c1-5-13(14-9-7-6-8-10-14)11-18-15(20)12-19-16(21)22-17(2,3)4/h6-10,13H,5,11-12H2,1-4H3,(H,18,20)(H,19,21). The summed E-state index contributed by atoms with van der Waals surface area (Å²) in [5, 5.41) is 5.29. The van der Waals surface area contributed by atoms with Gasteiger partial charge in [-0.1, -0.05) is 37.3 Å². The van der Waals surface area contributed by atoms with Gasteiger partial charge in [0, 0.05) is 12.5 Å². The van der Waals surface area contributed by atoms with Gasteiger partial charge in [-0.2, -0.15) is 0 Å². The summed E-state index contributed by atoms with van der Waals surface area (Å²) in [6.45, 7) is 7.88. The fraction of sp³-hybridized carbons (Fsp3) is 0.529. The highest BCUT2D eigenvalue weighted by Gasteiger charge is 2.17. The molecule has 1 unspecified atom stereocenters. The Morgan fingerprint density at radius 1 is 1.14 bits per heavy atom. The lowest BCUT2D eigenvalue weighted by Crippen LogP contribution is -2.40. The zero-order chi connectivity index (χ0) is 16.6. The van der Waals surface area contributed by atoms with E-state index < -0.39 is 11.7 Å². The highest BCUT2D eigenvalue weighted by Crippen LogP contribution is 2.17. The minimum absolute atomic E-state index is 0.0832. The van der Waals surface area contributed by atoms with Crippen LogP contribution in [-0.4, -0.2) is 30.7 Å². The van der Waals surface area contributed by atoms with Crippen LogP contribution in [0.1, 0.15) is 45.6 Å². The third kappa shape index (κ3) is 7.11. The van der Waals surface area contributed by atoms with Crippen LogP contribution in [0.3, 0.4) is 0 Å². The molecule has 1 atom stereocenters. The molecular weight excluding hydrogens is 280 g/mol. The van der Waals surface area contributed by atoms with Crippen molar-refractivity contribution in [3.8, 4) is 0 Å². The first-order valence-electron chi connectivity index (χ1n) is 7.60. The number of carbonyl (C=O) groups is 2. The zero-order valence-corrected chi connectivity index (χ0v) is 13.8. The van der Waals surface area contributed by atoms with Crippen molar-refractivity contribution in [2.24, 2.45) is 0 Å². The molecule has 0 heterocycles. The van der Waals surface area contributed by atoms with Gasteiger partial charge >= 0.3 is 6.09 Å². The van der Waals surface area contributed by atoms with E-state index in [1.807, 2.05) is 18.2 Å². The Hall–Kier alpha value is -2.04. The third-order valence-corrected chi connectivity index (χ3v) is 3.10. The quantitative estimate of drug-likeness (QED) is 0.849. The summed E-state index contributed by atoms with van der Waals surface area (Å²) in [6, 6.07) is 10.1. The van der Waals surface area contributed by atoms with Crippen LogP contribution < -0.4 is 10.6 Å². The van der Waals surface area contributed by atoms with Gasteiger partial charge in [0.25, 0.3) is 0 Å². The number of nitrogens with one attached hydrogen (secondary N) is 2. The normalized spacial score (nSPS) is 12.4. The van der Waals surface area contributed by atoms with Crippen LogP contribution in [-0.2, 0) is 9.53 Å². The Morgan fingerprint density at radius 3 is 2.32 bits per heavy atom. The number of rotatable bonds is 6. The van der Waals surface area contributed by atoms with Crippen LogP contribution in [0.2, 0.25) is 0 Å². The van der Waals surface area contributed by atoms with Crippen molar-refractivity contribution in [3.05, 3.63) is 35.9 Å². The lowest BCUT2D eigenvalue weighted by molar-refractivity contribution is -0.120. The molecule has 2 amide bonds. The Balaban J connectivity index is 2.35. The number of carbonyl (C=O) groups excluding carboxylic acids is 2. The molecule has 0 bridgehead atoms. The molecule has 122 valence electrons. The molecule has 22 heavy (non-hydrogen) atoms. The number of benzene rings is 1. The van der Waals surface area contributed by atoms with Crippen molar-refractivity contribution in [1.82, 2.24) is 10.6 Å². The van der Waals surface area contributed by atoms with E-state index in [0.717, 1.165) is 6.42 Å². The first-order chi connectivity index (χ1) is 10.3. The highest BCUT2D eigenvalue weighted by atomic mass is 16.6. The first-order valence-corrected chi connectivity index (χ1v) is 7.60. The van der Waals surface area contributed by atoms with Crippen molar-refractivity contribution < 1.29 is 14.3 Å². The summed E-state index contributed by atoms with van der Waals surface area (Å²) in [4.78, 5) is 23.2. The van der Waals surface area contributed by atoms with Crippen LogP contribution >= 0.6 is 0 Å². The number of hydrogen-bond donors (Lipinski definition) is 2. The van der Waals surface area contributed by atoms with Crippen LogP contribution in [0.25, 0.3) is 0 Å². The molecule has 0 spiro atoms. The lowest BCUT2D eigenvalue weighted by Gasteiger charge is -2.20. The molecule has 0 aliphatic rings. The second kappa shape index (κ2) is 8.41. The molecule has 1 aromatic carbocycles. The highest BCUT2D eigenvalue weighted by molar-refractivity contribution is 5.82. The number of ether oxygens (including phenoxy) is 1. The maximum Gasteiger partial charge on any atom is 0.408 e. The third-order valence-electron chi connectivity index (χ3n) is 3.10. The van der Waals surface area contributed by atoms with Gasteiger partial charge < -0.3 is 15.4 Å². The minimum atomic E-state index is -0.585. The van der Waals surface area contributed by atoms with Crippen molar-refractivity contribution in [3.63, 3.8) is 0 Å². The van der Waals surface area contributed by atoms with Crippen LogP contribution in [0.15, 0.2) is 30.3 Å². The largest absolute Gasteiger partial charge is 0.444 e. The topological polar surface area (TPSA) is 67.4 Å². The summed E-state index contributed by atoms with van der Waals surface area (Å²) < 4.78 is 5.07. The van der Waals surface area contributed by atoms with Gasteiger partial charge in [-0.05, 0) is 32.8 Å². The van der Waals surface area contributed by atoms with E-state index >= 15 is 0 Å². The smallest absolute Gasteiger partial charge is 0.408 e. The molecule has 0 fully saturated rings. The van der Waals surface area contributed by atoms with Crippen molar-refractivity contribution >= 4 is 12.0 Å². The van der Waals surface area contributed by atoms with Gasteiger partial charge in [0.1, 0.15) is 5.60 Å². The van der Waals surface area contributed by atoms with E-state index in [4.69, 9.17) is 4.74 Å². The molecule has 0 saturated carbocycles. The average Bonchev–Trinajstić information content (AvgIpc) is 2.45. The van der Waals surface area contributed by atoms with Gasteiger partial charge in [-0.3, -0.25) is 4.79 Å². The van der Waals surface area contributed by atoms with Crippen molar-refractivity contribution in [2.75, 3.05) is 13.1 Å². The first kappa shape index (κ1) is 18.0. The summed E-state index contributed by atoms with van der Waals surface area (Å²) in [7, 11) is 0.